The van der Waals surface area contributed by atoms with Crippen LogP contribution in [0.5, 0.6) is 28.7 Å². The van der Waals surface area contributed by atoms with Gasteiger partial charge >= 0.3 is 0 Å². The van der Waals surface area contributed by atoms with E-state index in [4.69, 9.17) is 23.7 Å². The number of hydrogen-bond donors (Lipinski definition) is 0. The molecule has 4 aromatic carbocycles. The number of methoxy groups -OCH3 is 3. The summed E-state index contributed by atoms with van der Waals surface area (Å²) >= 11 is 0. The molecule has 0 saturated carbocycles. The molecule has 2 heterocycles. The normalized spacial score (nSPS) is 13.1. The second-order valence-corrected chi connectivity index (χ2v) is 9.50. The molecule has 0 bridgehead atoms. The van der Waals surface area contributed by atoms with Crippen molar-refractivity contribution >= 4 is 23.8 Å². The number of para-hydroxylation sites is 2. The Morgan fingerprint density at radius 1 is 0.550 bits per heavy atom. The van der Waals surface area contributed by atoms with Gasteiger partial charge in [-0.3, -0.25) is 0 Å². The zero-order valence-electron chi connectivity index (χ0n) is 23.5. The maximum absolute atomic E-state index is 5.88. The van der Waals surface area contributed by atoms with Gasteiger partial charge in [-0.25, -0.2) is 0 Å². The molecule has 0 atom stereocenters. The molecule has 7 nitrogen and oxygen atoms in total. The van der Waals surface area contributed by atoms with Crippen LogP contribution in [0.15, 0.2) is 78.9 Å². The molecule has 0 radical (unpaired) electrons. The third-order valence-electron chi connectivity index (χ3n) is 6.84. The van der Waals surface area contributed by atoms with E-state index in [1.54, 1.807) is 21.3 Å². The minimum Gasteiger partial charge on any atom is -0.497 e. The average Bonchev–Trinajstić information content (AvgIpc) is 3.01. The molecule has 0 N–H and O–H groups in total. The minimum atomic E-state index is 0.466. The first kappa shape index (κ1) is 26.8. The Bertz CT molecular complexity index is 1550. The first-order valence-corrected chi connectivity index (χ1v) is 13.0. The predicted molar refractivity (Wildman–Crippen MR) is 156 cm³/mol. The zero-order chi connectivity index (χ0) is 28.1. The van der Waals surface area contributed by atoms with Gasteiger partial charge in [0.1, 0.15) is 28.7 Å². The molecule has 2 aliphatic heterocycles. The Hall–Kier alpha value is -4.78. The van der Waals surface area contributed by atoms with E-state index in [1.165, 1.54) is 5.56 Å². The molecule has 2 aliphatic rings. The fourth-order valence-electron chi connectivity index (χ4n) is 4.66. The van der Waals surface area contributed by atoms with Crippen molar-refractivity contribution in [2.75, 3.05) is 34.8 Å². The summed E-state index contributed by atoms with van der Waals surface area (Å²) in [5.41, 5.74) is 6.56. The Balaban J connectivity index is 0.000000162. The van der Waals surface area contributed by atoms with E-state index in [0.29, 0.717) is 13.5 Å². The number of aryl methyl sites for hydroxylation is 2. The smallest absolute Gasteiger partial charge is 0.292 e. The van der Waals surface area contributed by atoms with Gasteiger partial charge in [0, 0.05) is 18.2 Å². The summed E-state index contributed by atoms with van der Waals surface area (Å²) in [5, 5.41) is 0. The van der Waals surface area contributed by atoms with Crippen molar-refractivity contribution in [2.24, 2.45) is 0 Å². The van der Waals surface area contributed by atoms with Crippen LogP contribution in [-0.2, 0) is 0 Å². The van der Waals surface area contributed by atoms with Gasteiger partial charge in [-0.1, -0.05) is 24.3 Å². The number of ether oxygens (including phenoxy) is 5. The highest BCUT2D eigenvalue weighted by molar-refractivity contribution is 5.83. The molecule has 40 heavy (non-hydrogen) atoms. The fourth-order valence-corrected chi connectivity index (χ4v) is 4.66. The Kier molecular flexibility index (Phi) is 8.01. The van der Waals surface area contributed by atoms with Crippen LogP contribution in [0.2, 0.25) is 0 Å². The number of fused-ring (bicyclic) bond motifs is 2. The van der Waals surface area contributed by atoms with E-state index >= 15 is 0 Å². The summed E-state index contributed by atoms with van der Waals surface area (Å²) < 4.78 is 31.6. The highest BCUT2D eigenvalue weighted by atomic mass is 16.5. The molecule has 0 aliphatic carbocycles. The summed E-state index contributed by atoms with van der Waals surface area (Å²) in [6, 6.07) is 26.0. The lowest BCUT2D eigenvalue weighted by molar-refractivity contribution is -0.476. The Labute approximate surface area is 235 Å². The first-order valence-electron chi connectivity index (χ1n) is 13.0. The predicted octanol–water partition coefficient (Wildman–Crippen LogP) is 6.24. The van der Waals surface area contributed by atoms with Crippen LogP contribution in [0.1, 0.15) is 22.3 Å². The van der Waals surface area contributed by atoms with Crippen molar-refractivity contribution < 1.29 is 32.8 Å². The van der Waals surface area contributed by atoms with E-state index in [0.717, 1.165) is 56.8 Å². The number of rotatable bonds is 5. The maximum Gasteiger partial charge on any atom is 0.292 e. The van der Waals surface area contributed by atoms with Crippen molar-refractivity contribution in [1.82, 2.24) is 0 Å². The van der Waals surface area contributed by atoms with Gasteiger partial charge in [-0.2, -0.15) is 9.15 Å². The van der Waals surface area contributed by atoms with Gasteiger partial charge in [-0.15, -0.1) is 0 Å². The van der Waals surface area contributed by atoms with E-state index in [9.17, 15) is 0 Å². The Morgan fingerprint density at radius 3 is 1.50 bits per heavy atom. The van der Waals surface area contributed by atoms with E-state index in [1.807, 2.05) is 65.2 Å². The molecule has 0 spiro atoms. The van der Waals surface area contributed by atoms with Crippen LogP contribution in [0, 0.1) is 13.8 Å². The second-order valence-electron chi connectivity index (χ2n) is 9.50. The molecular weight excluding hydrogens is 504 g/mol. The van der Waals surface area contributed by atoms with Crippen LogP contribution < -0.4 is 23.7 Å². The summed E-state index contributed by atoms with van der Waals surface area (Å²) in [4.78, 5) is 0. The van der Waals surface area contributed by atoms with Crippen molar-refractivity contribution in [3.63, 3.8) is 0 Å². The van der Waals surface area contributed by atoms with Gasteiger partial charge < -0.3 is 23.7 Å². The molecule has 0 fully saturated rings. The van der Waals surface area contributed by atoms with E-state index in [2.05, 4.69) is 49.1 Å². The fraction of sp³-hybridized carbons (Fsp3) is 0.212. The quantitative estimate of drug-likeness (QED) is 0.282. The molecule has 0 amide bonds. The number of nitrogens with zero attached hydrogens (tertiary/aromatic N) is 2. The standard InChI is InChI=1S/C17H18NO3.C16H16NO2/c1-12-5-4-6-13-10-18(11-21-17(12)13)14-7-15(19-2)9-16(8-14)20-3;1-12-4-3-5-13-10-17(11-19-16(12)13)14-6-8-15(18-2)9-7-14/h4-10H,11H2,1-3H3;3-10H,11H2,1-2H3/q2*+1. The van der Waals surface area contributed by atoms with Crippen LogP contribution in [0.4, 0.5) is 11.4 Å². The van der Waals surface area contributed by atoms with Crippen molar-refractivity contribution in [2.45, 2.75) is 13.8 Å². The minimum absolute atomic E-state index is 0.466. The second kappa shape index (κ2) is 11.9. The molecule has 0 aromatic heterocycles. The topological polar surface area (TPSA) is 52.2 Å². The maximum atomic E-state index is 5.88. The monoisotopic (exact) mass is 538 g/mol. The van der Waals surface area contributed by atoms with Gasteiger partial charge in [0.2, 0.25) is 11.4 Å². The summed E-state index contributed by atoms with van der Waals surface area (Å²) in [6.07, 6.45) is 4.20. The van der Waals surface area contributed by atoms with E-state index in [-0.39, 0.29) is 0 Å². The largest absolute Gasteiger partial charge is 0.497 e. The third-order valence-corrected chi connectivity index (χ3v) is 6.84. The van der Waals surface area contributed by atoms with Gasteiger partial charge in [-0.05, 0) is 49.2 Å². The molecule has 4 aromatic rings. The molecule has 204 valence electrons. The molecule has 0 saturated heterocycles. The molecular formula is C33H34N2O5+2. The Morgan fingerprint density at radius 2 is 1.02 bits per heavy atom. The zero-order valence-corrected chi connectivity index (χ0v) is 23.5. The summed E-state index contributed by atoms with van der Waals surface area (Å²) in [7, 11) is 4.96. The van der Waals surface area contributed by atoms with Crippen LogP contribution in [-0.4, -0.2) is 56.4 Å². The SMILES string of the molecule is COc1cc(OC)cc([N+]2=Cc3cccc(C)c3OC2)c1.COc1ccc([N+]2=Cc3cccc(C)c3OC2)cc1. The van der Waals surface area contributed by atoms with Crippen LogP contribution in [0.3, 0.4) is 0 Å². The highest BCUT2D eigenvalue weighted by Crippen LogP contribution is 2.31. The summed E-state index contributed by atoms with van der Waals surface area (Å²) in [6.45, 7) is 5.12. The lowest BCUT2D eigenvalue weighted by Crippen LogP contribution is -2.21. The van der Waals surface area contributed by atoms with Crippen molar-refractivity contribution in [3.05, 3.63) is 101 Å². The van der Waals surface area contributed by atoms with E-state index < -0.39 is 0 Å². The molecule has 6 rings (SSSR count). The van der Waals surface area contributed by atoms with Crippen molar-refractivity contribution in [1.29, 1.82) is 0 Å². The van der Waals surface area contributed by atoms with Gasteiger partial charge in [0.25, 0.3) is 13.5 Å². The van der Waals surface area contributed by atoms with Crippen LogP contribution >= 0.6 is 0 Å². The first-order chi connectivity index (χ1) is 19.5. The average molecular weight is 539 g/mol. The molecule has 7 heteroatoms. The van der Waals surface area contributed by atoms with Gasteiger partial charge in [0.05, 0.1) is 44.6 Å². The van der Waals surface area contributed by atoms with Crippen molar-refractivity contribution in [3.8, 4) is 28.7 Å². The number of hydrogen-bond acceptors (Lipinski definition) is 5. The lowest BCUT2D eigenvalue weighted by atomic mass is 10.1. The summed E-state index contributed by atoms with van der Waals surface area (Å²) in [5.74, 6) is 4.30. The third kappa shape index (κ3) is 5.78. The lowest BCUT2D eigenvalue weighted by Gasteiger charge is -2.16. The molecule has 0 unspecified atom stereocenters. The van der Waals surface area contributed by atoms with Crippen LogP contribution in [0.25, 0.3) is 0 Å². The highest BCUT2D eigenvalue weighted by Gasteiger charge is 2.22. The number of benzene rings is 4. The van der Waals surface area contributed by atoms with Gasteiger partial charge in [0.15, 0.2) is 12.4 Å².